The quantitative estimate of drug-likeness (QED) is 0.521. The van der Waals surface area contributed by atoms with Gasteiger partial charge < -0.3 is 9.84 Å². The molecule has 0 aromatic carbocycles. The topological polar surface area (TPSA) is 59.4 Å². The lowest BCUT2D eigenvalue weighted by Gasteiger charge is -2.10. The summed E-state index contributed by atoms with van der Waals surface area (Å²) in [6.07, 6.45) is -2.08. The number of aromatic hydroxyl groups is 1. The number of carbonyl (C=O) groups is 1. The minimum absolute atomic E-state index is 0.0627. The summed E-state index contributed by atoms with van der Waals surface area (Å²) in [6, 6.07) is 0. The lowest BCUT2D eigenvalue weighted by atomic mass is 10.1. The fraction of sp³-hybridized carbons (Fsp3) is 0.333. The normalized spacial score (nSPS) is 10.6. The zero-order chi connectivity index (χ0) is 12.3. The average molecular weight is 343 g/mol. The van der Waals surface area contributed by atoms with Gasteiger partial charge in [-0.2, -0.15) is 0 Å². The second kappa shape index (κ2) is 5.37. The highest BCUT2D eigenvalue weighted by Gasteiger charge is 2.26. The molecule has 0 aliphatic rings. The first-order chi connectivity index (χ1) is 7.49. The molecule has 16 heavy (non-hydrogen) atoms. The van der Waals surface area contributed by atoms with Crippen molar-refractivity contribution in [2.45, 2.75) is 13.3 Å². The van der Waals surface area contributed by atoms with Gasteiger partial charge in [-0.05, 0) is 29.5 Å². The van der Waals surface area contributed by atoms with E-state index in [4.69, 9.17) is 0 Å². The van der Waals surface area contributed by atoms with Gasteiger partial charge in [0.15, 0.2) is 0 Å². The Morgan fingerprint density at radius 2 is 2.31 bits per heavy atom. The Labute approximate surface area is 104 Å². The number of rotatable bonds is 3. The van der Waals surface area contributed by atoms with Gasteiger partial charge in [-0.15, -0.1) is 0 Å². The van der Waals surface area contributed by atoms with E-state index >= 15 is 0 Å². The summed E-state index contributed by atoms with van der Waals surface area (Å²) in [5.74, 6) is -1.62. The molecule has 0 aliphatic heterocycles. The van der Waals surface area contributed by atoms with Crippen LogP contribution in [0.4, 0.5) is 8.78 Å². The summed E-state index contributed by atoms with van der Waals surface area (Å²) in [7, 11) is 0. The van der Waals surface area contributed by atoms with Crippen LogP contribution in [-0.2, 0) is 4.74 Å². The molecule has 0 radical (unpaired) electrons. The molecule has 4 nitrogen and oxygen atoms in total. The van der Waals surface area contributed by atoms with Crippen LogP contribution in [0, 0.1) is 3.70 Å². The second-order valence-electron chi connectivity index (χ2n) is 2.74. The van der Waals surface area contributed by atoms with E-state index in [2.05, 4.69) is 9.72 Å². The van der Waals surface area contributed by atoms with E-state index in [9.17, 15) is 18.7 Å². The van der Waals surface area contributed by atoms with Crippen LogP contribution < -0.4 is 0 Å². The third kappa shape index (κ3) is 2.57. The highest BCUT2D eigenvalue weighted by Crippen LogP contribution is 2.33. The number of nitrogens with zero attached hydrogens (tertiary/aromatic N) is 1. The Morgan fingerprint density at radius 3 is 2.81 bits per heavy atom. The molecule has 0 saturated carbocycles. The zero-order valence-corrected chi connectivity index (χ0v) is 10.4. The third-order valence-electron chi connectivity index (χ3n) is 1.75. The van der Waals surface area contributed by atoms with Crippen LogP contribution in [0.5, 0.6) is 5.75 Å². The Morgan fingerprint density at radius 1 is 1.69 bits per heavy atom. The van der Waals surface area contributed by atoms with E-state index < -0.39 is 23.7 Å². The van der Waals surface area contributed by atoms with Gasteiger partial charge in [0.25, 0.3) is 6.43 Å². The number of ether oxygens (including phenoxy) is 1. The second-order valence-corrected chi connectivity index (χ2v) is 3.77. The molecule has 0 fully saturated rings. The predicted molar refractivity (Wildman–Crippen MR) is 59.5 cm³/mol. The van der Waals surface area contributed by atoms with Gasteiger partial charge in [0.05, 0.1) is 18.4 Å². The van der Waals surface area contributed by atoms with Crippen molar-refractivity contribution in [1.82, 2.24) is 4.98 Å². The van der Waals surface area contributed by atoms with E-state index in [1.54, 1.807) is 29.5 Å². The Hall–Kier alpha value is -0.990. The molecule has 0 unspecified atom stereocenters. The first-order valence-electron chi connectivity index (χ1n) is 4.31. The highest BCUT2D eigenvalue weighted by molar-refractivity contribution is 14.1. The van der Waals surface area contributed by atoms with Gasteiger partial charge in [0.1, 0.15) is 15.0 Å². The molecule has 0 atom stereocenters. The first kappa shape index (κ1) is 13.1. The molecule has 1 rings (SSSR count). The molecule has 1 heterocycles. The molecular weight excluding hydrogens is 335 g/mol. The summed E-state index contributed by atoms with van der Waals surface area (Å²) in [4.78, 5) is 15.1. The summed E-state index contributed by atoms with van der Waals surface area (Å²) in [6.45, 7) is 1.62. The van der Waals surface area contributed by atoms with Crippen molar-refractivity contribution in [2.24, 2.45) is 0 Å². The maximum absolute atomic E-state index is 12.7. The van der Waals surface area contributed by atoms with Crippen molar-refractivity contribution in [2.75, 3.05) is 6.61 Å². The fourth-order valence-corrected chi connectivity index (χ4v) is 1.76. The number of hydrogen-bond acceptors (Lipinski definition) is 4. The Balaban J connectivity index is 3.34. The van der Waals surface area contributed by atoms with E-state index in [0.717, 1.165) is 6.20 Å². The van der Waals surface area contributed by atoms with Crippen LogP contribution in [0.25, 0.3) is 0 Å². The smallest absolute Gasteiger partial charge is 0.341 e. The standard InChI is InChI=1S/C9H8F2INO3/c1-2-16-9(15)6-5(7(10)11)4(14)3-13-8(6)12/h3,7,14H,2H2,1H3. The number of halogens is 3. The average Bonchev–Trinajstić information content (AvgIpc) is 2.20. The monoisotopic (exact) mass is 343 g/mol. The molecule has 0 bridgehead atoms. The lowest BCUT2D eigenvalue weighted by molar-refractivity contribution is 0.0511. The largest absolute Gasteiger partial charge is 0.506 e. The number of hydrogen-bond donors (Lipinski definition) is 1. The van der Waals surface area contributed by atoms with Crippen molar-refractivity contribution >= 4 is 28.6 Å². The number of carbonyl (C=O) groups excluding carboxylic acids is 1. The summed E-state index contributed by atoms with van der Waals surface area (Å²) in [5, 5.41) is 9.25. The zero-order valence-electron chi connectivity index (χ0n) is 8.21. The number of aromatic nitrogens is 1. The SMILES string of the molecule is CCOC(=O)c1c(I)ncc(O)c1C(F)F. The summed E-state index contributed by atoms with van der Waals surface area (Å²) in [5.41, 5.74) is -1.12. The van der Waals surface area contributed by atoms with Crippen molar-refractivity contribution in [3.8, 4) is 5.75 Å². The van der Waals surface area contributed by atoms with Crippen LogP contribution in [0.15, 0.2) is 6.20 Å². The minimum Gasteiger partial charge on any atom is -0.506 e. The van der Waals surface area contributed by atoms with Gasteiger partial charge >= 0.3 is 5.97 Å². The maximum Gasteiger partial charge on any atom is 0.341 e. The van der Waals surface area contributed by atoms with Crippen molar-refractivity contribution < 1.29 is 23.4 Å². The minimum atomic E-state index is -2.96. The van der Waals surface area contributed by atoms with Gasteiger partial charge in [-0.25, -0.2) is 18.6 Å². The molecule has 0 aliphatic carbocycles. The Kier molecular flexibility index (Phi) is 4.39. The molecule has 1 N–H and O–H groups in total. The molecule has 1 aromatic heterocycles. The number of esters is 1. The fourth-order valence-electron chi connectivity index (χ4n) is 1.11. The van der Waals surface area contributed by atoms with Crippen molar-refractivity contribution in [3.63, 3.8) is 0 Å². The van der Waals surface area contributed by atoms with Crippen LogP contribution in [0.3, 0.4) is 0 Å². The van der Waals surface area contributed by atoms with Gasteiger partial charge in [-0.3, -0.25) is 0 Å². The van der Waals surface area contributed by atoms with Crippen LogP contribution >= 0.6 is 22.6 Å². The molecule has 1 aromatic rings. The van der Waals surface area contributed by atoms with E-state index in [-0.39, 0.29) is 15.9 Å². The summed E-state index contributed by atoms with van der Waals surface area (Å²) < 4.78 is 30.0. The van der Waals surface area contributed by atoms with E-state index in [0.29, 0.717) is 0 Å². The molecule has 0 spiro atoms. The van der Waals surface area contributed by atoms with Gasteiger partial charge in [0.2, 0.25) is 0 Å². The van der Waals surface area contributed by atoms with Crippen molar-refractivity contribution in [3.05, 3.63) is 21.0 Å². The van der Waals surface area contributed by atoms with Crippen molar-refractivity contribution in [1.29, 1.82) is 0 Å². The van der Waals surface area contributed by atoms with Crippen LogP contribution in [-0.4, -0.2) is 22.7 Å². The van der Waals surface area contributed by atoms with Crippen LogP contribution in [0.1, 0.15) is 29.3 Å². The molecule has 88 valence electrons. The maximum atomic E-state index is 12.7. The molecular formula is C9H8F2INO3. The predicted octanol–water partition coefficient (Wildman–Crippen LogP) is 2.51. The van der Waals surface area contributed by atoms with Crippen LogP contribution in [0.2, 0.25) is 0 Å². The third-order valence-corrected chi connectivity index (χ3v) is 2.57. The Bertz CT molecular complexity index is 412. The molecule has 0 amide bonds. The van der Waals surface area contributed by atoms with Gasteiger partial charge in [0, 0.05) is 0 Å². The highest BCUT2D eigenvalue weighted by atomic mass is 127. The number of alkyl halides is 2. The lowest BCUT2D eigenvalue weighted by Crippen LogP contribution is -2.12. The summed E-state index contributed by atoms with van der Waals surface area (Å²) >= 11 is 1.63. The molecule has 7 heteroatoms. The number of pyridine rings is 1. The van der Waals surface area contributed by atoms with E-state index in [1.165, 1.54) is 0 Å². The van der Waals surface area contributed by atoms with E-state index in [1.807, 2.05) is 0 Å². The molecule has 0 saturated heterocycles. The first-order valence-corrected chi connectivity index (χ1v) is 5.39. The van der Waals surface area contributed by atoms with Gasteiger partial charge in [-0.1, -0.05) is 0 Å².